The van der Waals surface area contributed by atoms with Gasteiger partial charge < -0.3 is 11.5 Å². The minimum Gasteiger partial charge on any atom is -0.399 e. The maximum absolute atomic E-state index is 5.97. The van der Waals surface area contributed by atoms with Gasteiger partial charge in [0.2, 0.25) is 0 Å². The molecule has 13 heavy (non-hydrogen) atoms. The minimum absolute atomic E-state index is 0.132. The fourth-order valence-corrected chi connectivity index (χ4v) is 1.37. The van der Waals surface area contributed by atoms with Crippen LogP contribution in [0, 0.1) is 6.92 Å². The molecule has 1 unspecified atom stereocenters. The fraction of sp³-hybridized carbons (Fsp3) is 0.455. The third kappa shape index (κ3) is 2.46. The third-order valence-corrected chi connectivity index (χ3v) is 2.33. The van der Waals surface area contributed by atoms with E-state index in [1.807, 2.05) is 19.1 Å². The van der Waals surface area contributed by atoms with E-state index in [0.717, 1.165) is 29.7 Å². The Morgan fingerprint density at radius 1 is 1.38 bits per heavy atom. The lowest BCUT2D eigenvalue weighted by Gasteiger charge is -2.12. The highest BCUT2D eigenvalue weighted by atomic mass is 14.6. The van der Waals surface area contributed by atoms with Crippen molar-refractivity contribution in [2.24, 2.45) is 5.73 Å². The van der Waals surface area contributed by atoms with Crippen molar-refractivity contribution in [3.63, 3.8) is 0 Å². The van der Waals surface area contributed by atoms with Crippen LogP contribution in [0.2, 0.25) is 0 Å². The van der Waals surface area contributed by atoms with Gasteiger partial charge in [-0.15, -0.1) is 0 Å². The van der Waals surface area contributed by atoms with Crippen LogP contribution in [-0.2, 0) is 0 Å². The summed E-state index contributed by atoms with van der Waals surface area (Å²) in [5, 5.41) is 0. The molecule has 0 fully saturated rings. The average Bonchev–Trinajstić information content (AvgIpc) is 2.10. The lowest BCUT2D eigenvalue weighted by molar-refractivity contribution is 0.638. The van der Waals surface area contributed by atoms with Crippen molar-refractivity contribution in [2.75, 3.05) is 5.73 Å². The standard InChI is InChI=1S/C11H18N2/c1-3-4-10(12)9-6-5-8(2)11(13)7-9/h5-7,10H,3-4,12-13H2,1-2H3. The lowest BCUT2D eigenvalue weighted by atomic mass is 10.0. The Labute approximate surface area is 79.9 Å². The van der Waals surface area contributed by atoms with Gasteiger partial charge in [0.05, 0.1) is 0 Å². The first kappa shape index (κ1) is 10.1. The summed E-state index contributed by atoms with van der Waals surface area (Å²) in [5.41, 5.74) is 14.9. The predicted molar refractivity (Wildman–Crippen MR) is 57.4 cm³/mol. The second-order valence-electron chi connectivity index (χ2n) is 3.51. The van der Waals surface area contributed by atoms with Gasteiger partial charge in [0.15, 0.2) is 0 Å². The smallest absolute Gasteiger partial charge is 0.0347 e. The zero-order valence-electron chi connectivity index (χ0n) is 8.38. The molecular weight excluding hydrogens is 160 g/mol. The highest BCUT2D eigenvalue weighted by molar-refractivity contribution is 5.48. The Balaban J connectivity index is 2.84. The Morgan fingerprint density at radius 2 is 2.08 bits per heavy atom. The number of hydrogen-bond acceptors (Lipinski definition) is 2. The Bertz CT molecular complexity index is 281. The van der Waals surface area contributed by atoms with E-state index in [4.69, 9.17) is 11.5 Å². The summed E-state index contributed by atoms with van der Waals surface area (Å²) in [6.45, 7) is 4.14. The molecule has 0 aliphatic heterocycles. The van der Waals surface area contributed by atoms with E-state index in [1.165, 1.54) is 0 Å². The van der Waals surface area contributed by atoms with Crippen LogP contribution in [0.4, 0.5) is 5.69 Å². The number of nitrogen functional groups attached to an aromatic ring is 1. The molecule has 2 nitrogen and oxygen atoms in total. The maximum atomic E-state index is 5.97. The highest BCUT2D eigenvalue weighted by Gasteiger charge is 2.05. The first-order valence-electron chi connectivity index (χ1n) is 4.76. The van der Waals surface area contributed by atoms with Crippen molar-refractivity contribution < 1.29 is 0 Å². The van der Waals surface area contributed by atoms with Crippen LogP contribution >= 0.6 is 0 Å². The van der Waals surface area contributed by atoms with Crippen molar-refractivity contribution in [1.82, 2.24) is 0 Å². The van der Waals surface area contributed by atoms with Gasteiger partial charge in [-0.25, -0.2) is 0 Å². The Hall–Kier alpha value is -1.02. The van der Waals surface area contributed by atoms with E-state index in [9.17, 15) is 0 Å². The first-order chi connectivity index (χ1) is 6.15. The molecule has 0 radical (unpaired) electrons. The van der Waals surface area contributed by atoms with Crippen molar-refractivity contribution in [1.29, 1.82) is 0 Å². The van der Waals surface area contributed by atoms with Crippen LogP contribution in [0.25, 0.3) is 0 Å². The Morgan fingerprint density at radius 3 is 2.62 bits per heavy atom. The number of rotatable bonds is 3. The average molecular weight is 178 g/mol. The summed E-state index contributed by atoms with van der Waals surface area (Å²) in [6.07, 6.45) is 2.12. The summed E-state index contributed by atoms with van der Waals surface area (Å²) >= 11 is 0. The van der Waals surface area contributed by atoms with Gasteiger partial charge in [-0.3, -0.25) is 0 Å². The number of aryl methyl sites for hydroxylation is 1. The fourth-order valence-electron chi connectivity index (χ4n) is 1.37. The molecule has 0 heterocycles. The molecule has 0 amide bonds. The quantitative estimate of drug-likeness (QED) is 0.698. The van der Waals surface area contributed by atoms with Gasteiger partial charge >= 0.3 is 0 Å². The largest absolute Gasteiger partial charge is 0.399 e. The van der Waals surface area contributed by atoms with Crippen molar-refractivity contribution in [3.8, 4) is 0 Å². The third-order valence-electron chi connectivity index (χ3n) is 2.33. The molecule has 0 spiro atoms. The molecule has 2 heteroatoms. The zero-order valence-corrected chi connectivity index (χ0v) is 8.38. The minimum atomic E-state index is 0.132. The van der Waals surface area contributed by atoms with Gasteiger partial charge in [-0.1, -0.05) is 25.5 Å². The molecule has 1 atom stereocenters. The van der Waals surface area contributed by atoms with E-state index in [1.54, 1.807) is 0 Å². The molecule has 1 aromatic rings. The predicted octanol–water partition coefficient (Wildman–Crippen LogP) is 2.38. The van der Waals surface area contributed by atoms with E-state index in [2.05, 4.69) is 13.0 Å². The summed E-state index contributed by atoms with van der Waals surface area (Å²) in [7, 11) is 0. The summed E-state index contributed by atoms with van der Waals surface area (Å²) in [6, 6.07) is 6.20. The molecule has 0 bridgehead atoms. The van der Waals surface area contributed by atoms with Crippen LogP contribution < -0.4 is 11.5 Å². The molecule has 0 saturated carbocycles. The normalized spacial score (nSPS) is 12.8. The summed E-state index contributed by atoms with van der Waals surface area (Å²) in [4.78, 5) is 0. The van der Waals surface area contributed by atoms with Gasteiger partial charge in [-0.2, -0.15) is 0 Å². The van der Waals surface area contributed by atoms with Gasteiger partial charge in [0.25, 0.3) is 0 Å². The van der Waals surface area contributed by atoms with Gasteiger partial charge in [0.1, 0.15) is 0 Å². The molecule has 0 aliphatic rings. The molecule has 0 aromatic heterocycles. The molecule has 1 rings (SSSR count). The molecule has 0 aliphatic carbocycles. The van der Waals surface area contributed by atoms with Gasteiger partial charge in [-0.05, 0) is 30.5 Å². The van der Waals surface area contributed by atoms with Crippen LogP contribution in [0.15, 0.2) is 18.2 Å². The van der Waals surface area contributed by atoms with E-state index in [-0.39, 0.29) is 6.04 Å². The number of anilines is 1. The number of benzene rings is 1. The summed E-state index contributed by atoms with van der Waals surface area (Å²) in [5.74, 6) is 0. The maximum Gasteiger partial charge on any atom is 0.0347 e. The first-order valence-corrected chi connectivity index (χ1v) is 4.76. The number of nitrogens with two attached hydrogens (primary N) is 2. The number of hydrogen-bond donors (Lipinski definition) is 2. The van der Waals surface area contributed by atoms with Crippen molar-refractivity contribution >= 4 is 5.69 Å². The van der Waals surface area contributed by atoms with E-state index in [0.29, 0.717) is 0 Å². The SMILES string of the molecule is CCCC(N)c1ccc(C)c(N)c1. The lowest BCUT2D eigenvalue weighted by Crippen LogP contribution is -2.10. The van der Waals surface area contributed by atoms with E-state index < -0.39 is 0 Å². The van der Waals surface area contributed by atoms with E-state index >= 15 is 0 Å². The molecule has 1 aromatic carbocycles. The summed E-state index contributed by atoms with van der Waals surface area (Å²) < 4.78 is 0. The zero-order chi connectivity index (χ0) is 9.84. The molecular formula is C11H18N2. The Kier molecular flexibility index (Phi) is 3.32. The van der Waals surface area contributed by atoms with Crippen LogP contribution in [0.3, 0.4) is 0 Å². The van der Waals surface area contributed by atoms with Crippen LogP contribution in [0.1, 0.15) is 36.9 Å². The topological polar surface area (TPSA) is 52.0 Å². The van der Waals surface area contributed by atoms with Crippen molar-refractivity contribution in [2.45, 2.75) is 32.7 Å². The highest BCUT2D eigenvalue weighted by Crippen LogP contribution is 2.20. The van der Waals surface area contributed by atoms with Crippen molar-refractivity contribution in [3.05, 3.63) is 29.3 Å². The molecule has 72 valence electrons. The molecule has 4 N–H and O–H groups in total. The van der Waals surface area contributed by atoms with Gasteiger partial charge in [0, 0.05) is 11.7 Å². The monoisotopic (exact) mass is 178 g/mol. The second-order valence-corrected chi connectivity index (χ2v) is 3.51. The second kappa shape index (κ2) is 4.28. The van der Waals surface area contributed by atoms with Crippen LogP contribution in [-0.4, -0.2) is 0 Å². The van der Waals surface area contributed by atoms with Crippen LogP contribution in [0.5, 0.6) is 0 Å². The molecule has 0 saturated heterocycles.